The van der Waals surface area contributed by atoms with E-state index < -0.39 is 0 Å². The molecular weight excluding hydrogens is 264 g/mol. The minimum atomic E-state index is 0.00679. The van der Waals surface area contributed by atoms with Crippen LogP contribution in [0.3, 0.4) is 0 Å². The minimum Gasteiger partial charge on any atom is -0.352 e. The number of nitrogens with one attached hydrogen (secondary N) is 2. The average Bonchev–Trinajstić information content (AvgIpc) is 3.03. The molecule has 112 valence electrons. The van der Waals surface area contributed by atoms with Gasteiger partial charge in [0.1, 0.15) is 0 Å². The van der Waals surface area contributed by atoms with Gasteiger partial charge in [-0.3, -0.25) is 4.79 Å². The molecule has 0 radical (unpaired) electrons. The third-order valence-corrected chi connectivity index (χ3v) is 3.34. The lowest BCUT2D eigenvalue weighted by Crippen LogP contribution is -2.26. The predicted octanol–water partition coefficient (Wildman–Crippen LogP) is 1.47. The Morgan fingerprint density at radius 2 is 2.14 bits per heavy atom. The van der Waals surface area contributed by atoms with Crippen LogP contribution in [0.15, 0.2) is 43.0 Å². The zero-order valence-electron chi connectivity index (χ0n) is 12.4. The lowest BCUT2D eigenvalue weighted by Gasteiger charge is -2.10. The average molecular weight is 286 g/mol. The van der Waals surface area contributed by atoms with E-state index in [0.717, 1.165) is 37.1 Å². The van der Waals surface area contributed by atoms with Crippen LogP contribution < -0.4 is 10.6 Å². The summed E-state index contributed by atoms with van der Waals surface area (Å²) in [6.07, 6.45) is 7.22. The first-order chi connectivity index (χ1) is 10.3. The zero-order chi connectivity index (χ0) is 14.9. The SMILES string of the molecule is CNCCc1ccccc1C(=O)NCCCn1ccnc1. The van der Waals surface area contributed by atoms with Crippen molar-refractivity contribution in [1.29, 1.82) is 0 Å². The Kier molecular flexibility index (Phi) is 5.97. The first-order valence-corrected chi connectivity index (χ1v) is 7.27. The summed E-state index contributed by atoms with van der Waals surface area (Å²) in [7, 11) is 1.92. The standard InChI is InChI=1S/C16H22N4O/c1-17-9-7-14-5-2-3-6-15(14)16(21)19-8-4-11-20-12-10-18-13-20/h2-3,5-6,10,12-13,17H,4,7-9,11H2,1H3,(H,19,21). The van der Waals surface area contributed by atoms with Gasteiger partial charge < -0.3 is 15.2 Å². The number of aromatic nitrogens is 2. The number of amides is 1. The highest BCUT2D eigenvalue weighted by atomic mass is 16.1. The lowest BCUT2D eigenvalue weighted by atomic mass is 10.0. The van der Waals surface area contributed by atoms with Crippen LogP contribution in [0.1, 0.15) is 22.3 Å². The molecule has 2 rings (SSSR count). The summed E-state index contributed by atoms with van der Waals surface area (Å²) in [6, 6.07) is 7.78. The molecule has 1 aromatic heterocycles. The Labute approximate surface area is 125 Å². The first-order valence-electron chi connectivity index (χ1n) is 7.27. The lowest BCUT2D eigenvalue weighted by molar-refractivity contribution is 0.0952. The Balaban J connectivity index is 1.82. The molecule has 1 amide bonds. The maximum Gasteiger partial charge on any atom is 0.251 e. The highest BCUT2D eigenvalue weighted by molar-refractivity contribution is 5.95. The number of aryl methyl sites for hydroxylation is 1. The number of likely N-dealkylation sites (N-methyl/N-ethyl adjacent to an activating group) is 1. The molecule has 0 saturated carbocycles. The summed E-state index contributed by atoms with van der Waals surface area (Å²) >= 11 is 0. The molecule has 0 atom stereocenters. The van der Waals surface area contributed by atoms with Gasteiger partial charge in [0.25, 0.3) is 5.91 Å². The van der Waals surface area contributed by atoms with Gasteiger partial charge >= 0.3 is 0 Å². The molecule has 0 aliphatic carbocycles. The van der Waals surface area contributed by atoms with Crippen LogP contribution >= 0.6 is 0 Å². The van der Waals surface area contributed by atoms with E-state index in [-0.39, 0.29) is 5.91 Å². The van der Waals surface area contributed by atoms with Crippen LogP contribution in [0.4, 0.5) is 0 Å². The number of carbonyl (C=O) groups is 1. The van der Waals surface area contributed by atoms with Gasteiger partial charge in [-0.1, -0.05) is 18.2 Å². The van der Waals surface area contributed by atoms with Gasteiger partial charge in [-0.25, -0.2) is 4.98 Å². The molecule has 5 heteroatoms. The van der Waals surface area contributed by atoms with E-state index in [4.69, 9.17) is 0 Å². The van der Waals surface area contributed by atoms with Gasteiger partial charge in [-0.2, -0.15) is 0 Å². The van der Waals surface area contributed by atoms with Crippen molar-refractivity contribution in [2.45, 2.75) is 19.4 Å². The monoisotopic (exact) mass is 286 g/mol. The molecule has 0 saturated heterocycles. The van der Waals surface area contributed by atoms with Gasteiger partial charge in [0.05, 0.1) is 6.33 Å². The summed E-state index contributed by atoms with van der Waals surface area (Å²) < 4.78 is 2.01. The second-order valence-electron chi connectivity index (χ2n) is 4.92. The number of carbonyl (C=O) groups excluding carboxylic acids is 1. The maximum atomic E-state index is 12.2. The molecule has 5 nitrogen and oxygen atoms in total. The normalized spacial score (nSPS) is 10.5. The molecule has 0 bridgehead atoms. The summed E-state index contributed by atoms with van der Waals surface area (Å²) in [4.78, 5) is 16.2. The Morgan fingerprint density at radius 3 is 2.90 bits per heavy atom. The van der Waals surface area contributed by atoms with E-state index in [1.54, 1.807) is 12.5 Å². The highest BCUT2D eigenvalue weighted by Crippen LogP contribution is 2.09. The largest absolute Gasteiger partial charge is 0.352 e. The molecule has 1 heterocycles. The molecule has 0 fully saturated rings. The number of imidazole rings is 1. The topological polar surface area (TPSA) is 59.0 Å². The molecule has 1 aromatic carbocycles. The van der Waals surface area contributed by atoms with Crippen LogP contribution in [0.25, 0.3) is 0 Å². The first kappa shape index (κ1) is 15.3. The van der Waals surface area contributed by atoms with E-state index in [1.807, 2.05) is 42.1 Å². The second kappa shape index (κ2) is 8.21. The number of benzene rings is 1. The predicted molar refractivity (Wildman–Crippen MR) is 83.2 cm³/mol. The van der Waals surface area contributed by atoms with Crippen LogP contribution in [-0.2, 0) is 13.0 Å². The van der Waals surface area contributed by atoms with Gasteiger partial charge in [0.2, 0.25) is 0 Å². The van der Waals surface area contributed by atoms with Crippen molar-refractivity contribution >= 4 is 5.91 Å². The zero-order valence-corrected chi connectivity index (χ0v) is 12.4. The van der Waals surface area contributed by atoms with E-state index in [2.05, 4.69) is 15.6 Å². The second-order valence-corrected chi connectivity index (χ2v) is 4.92. The fourth-order valence-corrected chi connectivity index (χ4v) is 2.20. The maximum absolute atomic E-state index is 12.2. The van der Waals surface area contributed by atoms with Crippen molar-refractivity contribution in [2.24, 2.45) is 0 Å². The van der Waals surface area contributed by atoms with Gasteiger partial charge in [-0.05, 0) is 38.1 Å². The molecule has 21 heavy (non-hydrogen) atoms. The minimum absolute atomic E-state index is 0.00679. The van der Waals surface area contributed by atoms with E-state index in [1.165, 1.54) is 0 Å². The summed E-state index contributed by atoms with van der Waals surface area (Å²) in [6.45, 7) is 2.39. The summed E-state index contributed by atoms with van der Waals surface area (Å²) in [5.41, 5.74) is 1.86. The smallest absolute Gasteiger partial charge is 0.251 e. The van der Waals surface area contributed by atoms with Crippen molar-refractivity contribution in [2.75, 3.05) is 20.1 Å². The number of hydrogen-bond donors (Lipinski definition) is 2. The third-order valence-electron chi connectivity index (χ3n) is 3.34. The van der Waals surface area contributed by atoms with E-state index >= 15 is 0 Å². The Morgan fingerprint density at radius 1 is 1.29 bits per heavy atom. The van der Waals surface area contributed by atoms with Gasteiger partial charge in [0.15, 0.2) is 0 Å². The summed E-state index contributed by atoms with van der Waals surface area (Å²) in [5.74, 6) is 0.00679. The molecule has 0 unspecified atom stereocenters. The quantitative estimate of drug-likeness (QED) is 0.722. The fourth-order valence-electron chi connectivity index (χ4n) is 2.20. The highest BCUT2D eigenvalue weighted by Gasteiger charge is 2.09. The van der Waals surface area contributed by atoms with Crippen molar-refractivity contribution in [3.05, 3.63) is 54.1 Å². The van der Waals surface area contributed by atoms with Crippen LogP contribution in [-0.4, -0.2) is 35.6 Å². The summed E-state index contributed by atoms with van der Waals surface area (Å²) in [5, 5.41) is 6.09. The third kappa shape index (κ3) is 4.72. The van der Waals surface area contributed by atoms with E-state index in [0.29, 0.717) is 6.54 Å². The van der Waals surface area contributed by atoms with Crippen LogP contribution in [0.5, 0.6) is 0 Å². The van der Waals surface area contributed by atoms with Crippen molar-refractivity contribution in [3.8, 4) is 0 Å². The molecule has 2 aromatic rings. The molecule has 0 aliphatic rings. The molecular formula is C16H22N4O. The Bertz CT molecular complexity index is 551. The van der Waals surface area contributed by atoms with Crippen LogP contribution in [0.2, 0.25) is 0 Å². The van der Waals surface area contributed by atoms with Crippen LogP contribution in [0, 0.1) is 0 Å². The van der Waals surface area contributed by atoms with Crippen molar-refractivity contribution < 1.29 is 4.79 Å². The number of rotatable bonds is 8. The molecule has 2 N–H and O–H groups in total. The van der Waals surface area contributed by atoms with Gasteiger partial charge in [-0.15, -0.1) is 0 Å². The fraction of sp³-hybridized carbons (Fsp3) is 0.375. The molecule has 0 aliphatic heterocycles. The number of nitrogens with zero attached hydrogens (tertiary/aromatic N) is 2. The van der Waals surface area contributed by atoms with Crippen molar-refractivity contribution in [3.63, 3.8) is 0 Å². The van der Waals surface area contributed by atoms with Crippen molar-refractivity contribution in [1.82, 2.24) is 20.2 Å². The molecule has 0 spiro atoms. The van der Waals surface area contributed by atoms with Gasteiger partial charge in [0, 0.05) is 31.0 Å². The Hall–Kier alpha value is -2.14. The number of hydrogen-bond acceptors (Lipinski definition) is 3. The van der Waals surface area contributed by atoms with E-state index in [9.17, 15) is 4.79 Å².